The smallest absolute Gasteiger partial charge is 0.133 e. The molecule has 0 spiro atoms. The van der Waals surface area contributed by atoms with Gasteiger partial charge in [-0.15, -0.1) is 0 Å². The summed E-state index contributed by atoms with van der Waals surface area (Å²) in [7, 11) is 0. The van der Waals surface area contributed by atoms with Gasteiger partial charge in [0.1, 0.15) is 11.9 Å². The van der Waals surface area contributed by atoms with Crippen LogP contribution in [-0.2, 0) is 0 Å². The molecule has 0 aliphatic carbocycles. The molecule has 0 saturated carbocycles. The van der Waals surface area contributed by atoms with Gasteiger partial charge < -0.3 is 10.0 Å². The predicted octanol–water partition coefficient (Wildman–Crippen LogP) is 2.84. The third kappa shape index (κ3) is 2.79. The van der Waals surface area contributed by atoms with Crippen LogP contribution in [0.25, 0.3) is 5.57 Å². The fourth-order valence-electron chi connectivity index (χ4n) is 2.87. The second kappa shape index (κ2) is 5.63. The third-order valence-corrected chi connectivity index (χ3v) is 3.97. The summed E-state index contributed by atoms with van der Waals surface area (Å²) in [5, 5.41) is 21.9. The molecule has 0 fully saturated rings. The highest BCUT2D eigenvalue weighted by atomic mass is 16.3. The van der Waals surface area contributed by atoms with E-state index in [2.05, 4.69) is 22.4 Å². The van der Waals surface area contributed by atoms with Crippen LogP contribution in [0.2, 0.25) is 0 Å². The quantitative estimate of drug-likeness (QED) is 0.874. The minimum Gasteiger partial charge on any atom is -0.511 e. The number of nitriles is 1. The first-order valence-electron chi connectivity index (χ1n) is 7.13. The molecule has 1 aromatic carbocycles. The summed E-state index contributed by atoms with van der Waals surface area (Å²) in [6, 6.07) is 8.00. The van der Waals surface area contributed by atoms with E-state index in [-0.39, 0.29) is 0 Å². The maximum atomic E-state index is 9.55. The van der Waals surface area contributed by atoms with Gasteiger partial charge >= 0.3 is 0 Å². The first-order chi connectivity index (χ1) is 10.2. The van der Waals surface area contributed by atoms with Gasteiger partial charge in [0, 0.05) is 32.1 Å². The van der Waals surface area contributed by atoms with Gasteiger partial charge in [0.05, 0.1) is 11.6 Å². The van der Waals surface area contributed by atoms with Crippen LogP contribution in [-0.4, -0.2) is 23.1 Å². The Kier molecular flexibility index (Phi) is 3.68. The number of benzene rings is 1. The van der Waals surface area contributed by atoms with Crippen molar-refractivity contribution >= 4 is 5.57 Å². The Balaban J connectivity index is 1.80. The van der Waals surface area contributed by atoms with Crippen LogP contribution >= 0.6 is 0 Å². The van der Waals surface area contributed by atoms with Gasteiger partial charge in [-0.2, -0.15) is 5.26 Å². The number of rotatable bonds is 2. The number of aliphatic hydroxyl groups is 1. The highest BCUT2D eigenvalue weighted by Gasteiger charge is 2.25. The molecule has 4 heteroatoms. The summed E-state index contributed by atoms with van der Waals surface area (Å²) in [6.45, 7) is 3.66. The van der Waals surface area contributed by atoms with Crippen molar-refractivity contribution in [1.82, 2.24) is 10.2 Å². The molecule has 4 nitrogen and oxygen atoms in total. The molecule has 1 radical (unpaired) electrons. The van der Waals surface area contributed by atoms with Crippen molar-refractivity contribution in [3.63, 3.8) is 0 Å². The van der Waals surface area contributed by atoms with Crippen molar-refractivity contribution < 1.29 is 5.11 Å². The van der Waals surface area contributed by atoms with E-state index < -0.39 is 0 Å². The van der Waals surface area contributed by atoms with Crippen molar-refractivity contribution in [1.29, 1.82) is 5.26 Å². The van der Waals surface area contributed by atoms with Gasteiger partial charge in [-0.1, -0.05) is 12.1 Å². The highest BCUT2D eigenvalue weighted by Crippen LogP contribution is 2.31. The number of nitrogens with zero attached hydrogens (tertiary/aromatic N) is 2. The van der Waals surface area contributed by atoms with E-state index in [1.54, 1.807) is 6.20 Å². The van der Waals surface area contributed by atoms with Gasteiger partial charge in [-0.05, 0) is 35.8 Å². The summed E-state index contributed by atoms with van der Waals surface area (Å²) < 4.78 is 0. The van der Waals surface area contributed by atoms with Gasteiger partial charge in [-0.25, -0.2) is 0 Å². The maximum Gasteiger partial charge on any atom is 0.133 e. The fourth-order valence-corrected chi connectivity index (χ4v) is 2.87. The summed E-state index contributed by atoms with van der Waals surface area (Å²) in [4.78, 5) is 2.08. The summed E-state index contributed by atoms with van der Waals surface area (Å²) in [5.74, 6) is 0.440. The van der Waals surface area contributed by atoms with Crippen molar-refractivity contribution in [3.05, 3.63) is 59.1 Å². The first kappa shape index (κ1) is 13.7. The molecule has 2 aliphatic heterocycles. The zero-order valence-electron chi connectivity index (χ0n) is 12.1. The number of nitrogens with one attached hydrogen (secondary N) is 1. The Labute approximate surface area is 125 Å². The van der Waals surface area contributed by atoms with Crippen LogP contribution in [0.1, 0.15) is 29.5 Å². The van der Waals surface area contributed by atoms with E-state index in [1.807, 2.05) is 25.1 Å². The predicted molar refractivity (Wildman–Crippen MR) is 81.8 cm³/mol. The average Bonchev–Trinajstić information content (AvgIpc) is 2.94. The monoisotopic (exact) mass is 280 g/mol. The van der Waals surface area contributed by atoms with Gasteiger partial charge in [0.15, 0.2) is 0 Å². The van der Waals surface area contributed by atoms with Crippen LogP contribution in [0.4, 0.5) is 0 Å². The van der Waals surface area contributed by atoms with Gasteiger partial charge in [-0.3, -0.25) is 5.32 Å². The largest absolute Gasteiger partial charge is 0.511 e. The molecule has 1 aromatic rings. The van der Waals surface area contributed by atoms with E-state index in [1.165, 1.54) is 11.1 Å². The molecule has 21 heavy (non-hydrogen) atoms. The molecule has 3 rings (SSSR count). The molecular weight excluding hydrogens is 262 g/mol. The molecule has 0 aromatic heterocycles. The Morgan fingerprint density at radius 2 is 2.24 bits per heavy atom. The van der Waals surface area contributed by atoms with Crippen LogP contribution in [0.5, 0.6) is 0 Å². The molecule has 0 bridgehead atoms. The van der Waals surface area contributed by atoms with Crippen molar-refractivity contribution in [2.75, 3.05) is 13.1 Å². The zero-order chi connectivity index (χ0) is 14.8. The average molecular weight is 280 g/mol. The first-order valence-corrected chi connectivity index (χ1v) is 7.13. The highest BCUT2D eigenvalue weighted by molar-refractivity contribution is 5.71. The van der Waals surface area contributed by atoms with Crippen molar-refractivity contribution in [2.24, 2.45) is 0 Å². The molecule has 2 N–H and O–H groups in total. The summed E-state index contributed by atoms with van der Waals surface area (Å²) >= 11 is 0. The lowest BCUT2D eigenvalue weighted by molar-refractivity contribution is 0.362. The summed E-state index contributed by atoms with van der Waals surface area (Å²) in [6.07, 6.45) is 6.64. The fraction of sp³-hybridized carbons (Fsp3) is 0.294. The zero-order valence-corrected chi connectivity index (χ0v) is 12.1. The lowest BCUT2D eigenvalue weighted by Gasteiger charge is -2.31. The van der Waals surface area contributed by atoms with E-state index >= 15 is 0 Å². The number of hydrogen-bond acceptors (Lipinski definition) is 4. The Morgan fingerprint density at radius 1 is 1.38 bits per heavy atom. The van der Waals surface area contributed by atoms with E-state index in [4.69, 9.17) is 5.26 Å². The molecule has 2 heterocycles. The van der Waals surface area contributed by atoms with Crippen LogP contribution in [0.3, 0.4) is 0 Å². The SMILES string of the molecule is Cc1cc(C#N)ccc1C1=CCN[C](N2C=C(O)CC2)C1. The van der Waals surface area contributed by atoms with Crippen LogP contribution in [0, 0.1) is 24.4 Å². The van der Waals surface area contributed by atoms with E-state index in [9.17, 15) is 5.11 Å². The van der Waals surface area contributed by atoms with Crippen LogP contribution in [0.15, 0.2) is 36.2 Å². The van der Waals surface area contributed by atoms with Crippen LogP contribution < -0.4 is 5.32 Å². The molecule has 0 amide bonds. The lowest BCUT2D eigenvalue weighted by atomic mass is 9.93. The Bertz CT molecular complexity index is 654. The number of hydrogen-bond donors (Lipinski definition) is 2. The minimum atomic E-state index is 0.440. The van der Waals surface area contributed by atoms with E-state index in [0.717, 1.165) is 31.2 Å². The van der Waals surface area contributed by atoms with Gasteiger partial charge in [0.25, 0.3) is 0 Å². The van der Waals surface area contributed by atoms with Crippen molar-refractivity contribution in [3.8, 4) is 6.07 Å². The second-order valence-electron chi connectivity index (χ2n) is 5.44. The van der Waals surface area contributed by atoms with E-state index in [0.29, 0.717) is 17.7 Å². The standard InChI is InChI=1S/C17H18N3O/c1-12-8-13(10-18)2-3-16(12)14-4-6-19-17(9-14)20-7-5-15(21)11-20/h2-4,8,11,19,21H,5-7,9H2,1H3. The summed E-state index contributed by atoms with van der Waals surface area (Å²) in [5.41, 5.74) is 4.29. The molecule has 0 atom stereocenters. The number of aryl methyl sites for hydroxylation is 1. The third-order valence-electron chi connectivity index (χ3n) is 3.97. The molecule has 2 aliphatic rings. The normalized spacial score (nSPS) is 19.1. The maximum absolute atomic E-state index is 9.55. The Morgan fingerprint density at radius 3 is 2.90 bits per heavy atom. The topological polar surface area (TPSA) is 59.3 Å². The lowest BCUT2D eigenvalue weighted by Crippen LogP contribution is -2.37. The molecule has 0 unspecified atom stereocenters. The van der Waals surface area contributed by atoms with Gasteiger partial charge in [0.2, 0.25) is 0 Å². The number of aliphatic hydroxyl groups excluding tert-OH is 1. The Hall–Kier alpha value is -2.25. The minimum absolute atomic E-state index is 0.440. The molecular formula is C17H18N3O. The second-order valence-corrected chi connectivity index (χ2v) is 5.44. The van der Waals surface area contributed by atoms with Crippen molar-refractivity contribution in [2.45, 2.75) is 19.8 Å². The molecule has 107 valence electrons. The molecule has 0 saturated heterocycles.